The molecule has 5 rings (SSSR count). The van der Waals surface area contributed by atoms with E-state index < -0.39 is 0 Å². The van der Waals surface area contributed by atoms with Crippen molar-refractivity contribution in [1.29, 1.82) is 0 Å². The maximum atomic E-state index is 5.58. The number of nitrogens with zero attached hydrogens (tertiary/aromatic N) is 5. The minimum atomic E-state index is 0.181. The Labute approximate surface area is 189 Å². The third kappa shape index (κ3) is 3.77. The fourth-order valence-electron chi connectivity index (χ4n) is 4.14. The highest BCUT2D eigenvalue weighted by molar-refractivity contribution is 7.19. The number of ether oxygens (including phenoxy) is 2. The highest BCUT2D eigenvalue weighted by atomic mass is 32.1. The van der Waals surface area contributed by atoms with Gasteiger partial charge in [-0.3, -0.25) is 0 Å². The molecule has 0 bridgehead atoms. The third-order valence-corrected chi connectivity index (χ3v) is 6.98. The Kier molecular flexibility index (Phi) is 5.65. The molecule has 1 aliphatic carbocycles. The molecule has 3 heterocycles. The van der Waals surface area contributed by atoms with Gasteiger partial charge in [-0.25, -0.2) is 14.5 Å². The summed E-state index contributed by atoms with van der Waals surface area (Å²) < 4.78 is 12.4. The van der Waals surface area contributed by atoms with Crippen LogP contribution in [0.1, 0.15) is 48.0 Å². The minimum Gasteiger partial charge on any atom is -0.493 e. The van der Waals surface area contributed by atoms with Crippen LogP contribution in [0.15, 0.2) is 29.7 Å². The van der Waals surface area contributed by atoms with Crippen molar-refractivity contribution in [3.63, 3.8) is 0 Å². The van der Waals surface area contributed by atoms with Crippen LogP contribution < -0.4 is 9.47 Å². The zero-order valence-electron chi connectivity index (χ0n) is 18.4. The summed E-state index contributed by atoms with van der Waals surface area (Å²) in [6, 6.07) is 5.63. The number of hydrogen-bond donors (Lipinski definition) is 0. The van der Waals surface area contributed by atoms with Crippen molar-refractivity contribution in [3.8, 4) is 11.5 Å². The molecule has 0 unspecified atom stereocenters. The average molecular weight is 452 g/mol. The minimum absolute atomic E-state index is 0.181. The molecule has 9 heteroatoms. The number of benzene rings is 1. The van der Waals surface area contributed by atoms with Crippen LogP contribution in [0, 0.1) is 0 Å². The molecule has 0 amide bonds. The van der Waals surface area contributed by atoms with Crippen molar-refractivity contribution < 1.29 is 14.3 Å². The molecule has 0 atom stereocenters. The van der Waals surface area contributed by atoms with Crippen LogP contribution in [-0.2, 0) is 24.3 Å². The molecule has 0 radical (unpaired) electrons. The van der Waals surface area contributed by atoms with Crippen LogP contribution >= 0.6 is 11.3 Å². The average Bonchev–Trinajstić information content (AvgIpc) is 3.31. The fraction of sp³-hybridized carbons (Fsp3) is 0.391. The van der Waals surface area contributed by atoms with Gasteiger partial charge in [0.15, 0.2) is 29.6 Å². The van der Waals surface area contributed by atoms with Crippen molar-refractivity contribution >= 4 is 32.9 Å². The lowest BCUT2D eigenvalue weighted by Crippen LogP contribution is -1.99. The quantitative estimate of drug-likeness (QED) is 0.243. The maximum Gasteiger partial charge on any atom is 0.192 e. The Morgan fingerprint density at radius 1 is 1.12 bits per heavy atom. The molecule has 1 aromatic carbocycles. The summed E-state index contributed by atoms with van der Waals surface area (Å²) in [6.45, 7) is 2.06. The molecule has 8 nitrogen and oxygen atoms in total. The lowest BCUT2D eigenvalue weighted by Gasteiger charge is -2.09. The van der Waals surface area contributed by atoms with Crippen LogP contribution in [0.3, 0.4) is 0 Å². The lowest BCUT2D eigenvalue weighted by atomic mass is 10.1. The second kappa shape index (κ2) is 8.74. The predicted molar refractivity (Wildman–Crippen MR) is 124 cm³/mol. The van der Waals surface area contributed by atoms with Crippen molar-refractivity contribution in [2.24, 2.45) is 5.16 Å². The van der Waals surface area contributed by atoms with Gasteiger partial charge in [0.2, 0.25) is 0 Å². The SMILES string of the molecule is COc1ccc(/C(C)=N/OCc2nc3c4c5c(sc4ncn3n2)CCCCC5)cc1OC. The van der Waals surface area contributed by atoms with E-state index in [1.807, 2.05) is 25.1 Å². The van der Waals surface area contributed by atoms with E-state index in [4.69, 9.17) is 19.3 Å². The number of rotatable bonds is 6. The number of methoxy groups -OCH3 is 2. The van der Waals surface area contributed by atoms with Crippen molar-refractivity contribution in [2.45, 2.75) is 45.6 Å². The first-order valence-corrected chi connectivity index (χ1v) is 11.5. The van der Waals surface area contributed by atoms with Gasteiger partial charge in [0, 0.05) is 10.4 Å². The van der Waals surface area contributed by atoms with E-state index in [2.05, 4.69) is 15.2 Å². The Morgan fingerprint density at radius 3 is 2.81 bits per heavy atom. The topological polar surface area (TPSA) is 83.1 Å². The molecule has 4 aromatic rings. The summed E-state index contributed by atoms with van der Waals surface area (Å²) in [5, 5.41) is 9.95. The van der Waals surface area contributed by atoms with Crippen LogP contribution in [-0.4, -0.2) is 39.5 Å². The molecule has 0 saturated heterocycles. The number of aryl methyl sites for hydroxylation is 2. The van der Waals surface area contributed by atoms with Gasteiger partial charge in [-0.05, 0) is 56.4 Å². The maximum absolute atomic E-state index is 5.58. The van der Waals surface area contributed by atoms with E-state index in [9.17, 15) is 0 Å². The Balaban J connectivity index is 1.38. The Morgan fingerprint density at radius 2 is 1.97 bits per heavy atom. The standard InChI is InChI=1S/C23H25N5O3S/c1-14(15-9-10-17(29-2)18(11-15)30-3)27-31-12-20-25-22-21-16-7-5-4-6-8-19(16)32-23(21)24-13-28(22)26-20/h9-11,13H,4-8,12H2,1-3H3/b27-14+. The molecule has 1 aliphatic rings. The van der Waals surface area contributed by atoms with E-state index in [-0.39, 0.29) is 6.61 Å². The second-order valence-electron chi connectivity index (χ2n) is 7.81. The third-order valence-electron chi connectivity index (χ3n) is 5.78. The van der Waals surface area contributed by atoms with Gasteiger partial charge in [0.05, 0.1) is 25.3 Å². The van der Waals surface area contributed by atoms with E-state index in [1.54, 1.807) is 36.4 Å². The lowest BCUT2D eigenvalue weighted by molar-refractivity contribution is 0.125. The molecule has 3 aromatic heterocycles. The Hall–Kier alpha value is -3.20. The van der Waals surface area contributed by atoms with Crippen molar-refractivity contribution in [3.05, 3.63) is 46.4 Å². The van der Waals surface area contributed by atoms with Gasteiger partial charge in [0.1, 0.15) is 11.2 Å². The number of aromatic nitrogens is 4. The normalized spacial score (nSPS) is 14.4. The van der Waals surface area contributed by atoms with E-state index in [1.165, 1.54) is 29.7 Å². The van der Waals surface area contributed by atoms with Crippen molar-refractivity contribution in [1.82, 2.24) is 19.6 Å². The second-order valence-corrected chi connectivity index (χ2v) is 8.89. The van der Waals surface area contributed by atoms with Gasteiger partial charge in [0.25, 0.3) is 0 Å². The number of thiophene rings is 1. The Bertz CT molecular complexity index is 1310. The molecular weight excluding hydrogens is 426 g/mol. The number of fused-ring (bicyclic) bond motifs is 5. The van der Waals surface area contributed by atoms with Crippen LogP contribution in [0.2, 0.25) is 0 Å². The highest BCUT2D eigenvalue weighted by Crippen LogP contribution is 2.36. The van der Waals surface area contributed by atoms with E-state index in [0.29, 0.717) is 17.3 Å². The zero-order valence-corrected chi connectivity index (χ0v) is 19.2. The van der Waals surface area contributed by atoms with Crippen LogP contribution in [0.4, 0.5) is 0 Å². The summed E-state index contributed by atoms with van der Waals surface area (Å²) in [6.07, 6.45) is 7.71. The molecular formula is C23H25N5O3S. The molecule has 166 valence electrons. The predicted octanol–water partition coefficient (Wildman–Crippen LogP) is 4.57. The monoisotopic (exact) mass is 451 g/mol. The smallest absolute Gasteiger partial charge is 0.192 e. The molecule has 0 spiro atoms. The van der Waals surface area contributed by atoms with Gasteiger partial charge in [-0.2, -0.15) is 0 Å². The van der Waals surface area contributed by atoms with Gasteiger partial charge in [-0.1, -0.05) is 11.6 Å². The fourth-order valence-corrected chi connectivity index (χ4v) is 5.36. The summed E-state index contributed by atoms with van der Waals surface area (Å²) in [4.78, 5) is 17.5. The number of hydrogen-bond acceptors (Lipinski definition) is 8. The molecule has 0 fully saturated rings. The molecule has 32 heavy (non-hydrogen) atoms. The largest absolute Gasteiger partial charge is 0.493 e. The highest BCUT2D eigenvalue weighted by Gasteiger charge is 2.20. The first kappa shape index (κ1) is 20.7. The van der Waals surface area contributed by atoms with Gasteiger partial charge >= 0.3 is 0 Å². The van der Waals surface area contributed by atoms with Crippen molar-refractivity contribution in [2.75, 3.05) is 14.2 Å². The molecule has 0 saturated carbocycles. The van der Waals surface area contributed by atoms with Gasteiger partial charge < -0.3 is 14.3 Å². The van der Waals surface area contributed by atoms with Crippen LogP contribution in [0.5, 0.6) is 11.5 Å². The molecule has 0 N–H and O–H groups in total. The van der Waals surface area contributed by atoms with E-state index >= 15 is 0 Å². The first-order chi connectivity index (χ1) is 15.7. The molecule has 0 aliphatic heterocycles. The van der Waals surface area contributed by atoms with Gasteiger partial charge in [-0.15, -0.1) is 16.4 Å². The number of oxime groups is 1. The summed E-state index contributed by atoms with van der Waals surface area (Å²) in [5.74, 6) is 1.90. The summed E-state index contributed by atoms with van der Waals surface area (Å²) in [7, 11) is 3.22. The van der Waals surface area contributed by atoms with E-state index in [0.717, 1.165) is 40.0 Å². The van der Waals surface area contributed by atoms with Crippen LogP contribution in [0.25, 0.3) is 15.9 Å². The summed E-state index contributed by atoms with van der Waals surface area (Å²) in [5.41, 5.74) is 3.87. The zero-order chi connectivity index (χ0) is 22.1. The summed E-state index contributed by atoms with van der Waals surface area (Å²) >= 11 is 1.80. The first-order valence-electron chi connectivity index (χ1n) is 10.7.